The molecule has 17 heavy (non-hydrogen) atoms. The molecule has 0 saturated carbocycles. The van der Waals surface area contributed by atoms with E-state index in [0.717, 1.165) is 12.1 Å². The number of rotatable bonds is 5. The fraction of sp³-hybridized carbons (Fsp3) is 0.273. The van der Waals surface area contributed by atoms with Crippen molar-refractivity contribution < 1.29 is 29.6 Å². The Morgan fingerprint density at radius 2 is 2.00 bits per heavy atom. The maximum absolute atomic E-state index is 11.4. The van der Waals surface area contributed by atoms with Crippen molar-refractivity contribution in [2.24, 2.45) is 0 Å². The van der Waals surface area contributed by atoms with Crippen molar-refractivity contribution in [3.63, 3.8) is 0 Å². The molecule has 0 unspecified atom stereocenters. The van der Waals surface area contributed by atoms with Gasteiger partial charge in [-0.15, -0.1) is 0 Å². The number of carbonyl (C=O) groups excluding carboxylic acids is 1. The molecule has 0 atom stereocenters. The fourth-order valence-corrected chi connectivity index (χ4v) is 1.15. The van der Waals surface area contributed by atoms with Gasteiger partial charge in [-0.05, 0) is 18.2 Å². The molecule has 1 aromatic rings. The van der Waals surface area contributed by atoms with E-state index in [9.17, 15) is 14.7 Å². The Hall–Kier alpha value is -2.08. The number of aromatic hydroxyl groups is 1. The average molecular weight is 240 g/mol. The van der Waals surface area contributed by atoms with Crippen LogP contribution in [0.2, 0.25) is 0 Å². The van der Waals surface area contributed by atoms with Crippen LogP contribution in [0, 0.1) is 0 Å². The summed E-state index contributed by atoms with van der Waals surface area (Å²) in [5, 5.41) is 26.5. The normalized spacial score (nSPS) is 9.94. The summed E-state index contributed by atoms with van der Waals surface area (Å²) < 4.78 is 4.77. The molecule has 0 aliphatic rings. The van der Waals surface area contributed by atoms with Crippen LogP contribution in [-0.4, -0.2) is 40.5 Å². The van der Waals surface area contributed by atoms with Gasteiger partial charge in [-0.2, -0.15) is 0 Å². The highest BCUT2D eigenvalue weighted by Gasteiger charge is 2.14. The predicted octanol–water partition coefficient (Wildman–Crippen LogP) is 0.630. The SMILES string of the molecule is O=C(OCCCO)c1ccc(O)c(C(=O)O)c1. The van der Waals surface area contributed by atoms with Crippen molar-refractivity contribution in [1.82, 2.24) is 0 Å². The van der Waals surface area contributed by atoms with Crippen LogP contribution in [0.3, 0.4) is 0 Å². The van der Waals surface area contributed by atoms with Gasteiger partial charge in [0.15, 0.2) is 0 Å². The first-order chi connectivity index (χ1) is 8.06. The zero-order valence-electron chi connectivity index (χ0n) is 8.92. The molecule has 0 spiro atoms. The standard InChI is InChI=1S/C11H12O6/c12-4-1-5-17-11(16)7-2-3-9(13)8(6-7)10(14)15/h2-3,6,12-13H,1,4-5H2,(H,14,15). The second-order valence-electron chi connectivity index (χ2n) is 3.25. The maximum atomic E-state index is 11.4. The Labute approximate surface area is 97.1 Å². The van der Waals surface area contributed by atoms with Gasteiger partial charge in [-0.3, -0.25) is 0 Å². The van der Waals surface area contributed by atoms with Crippen molar-refractivity contribution in [3.8, 4) is 5.75 Å². The lowest BCUT2D eigenvalue weighted by molar-refractivity contribution is 0.0482. The molecule has 0 fully saturated rings. The monoisotopic (exact) mass is 240 g/mol. The summed E-state index contributed by atoms with van der Waals surface area (Å²) in [6.07, 6.45) is 0.315. The molecule has 0 heterocycles. The van der Waals surface area contributed by atoms with Gasteiger partial charge < -0.3 is 20.1 Å². The number of hydrogen-bond donors (Lipinski definition) is 3. The van der Waals surface area contributed by atoms with Crippen molar-refractivity contribution in [1.29, 1.82) is 0 Å². The van der Waals surface area contributed by atoms with Crippen molar-refractivity contribution >= 4 is 11.9 Å². The lowest BCUT2D eigenvalue weighted by Crippen LogP contribution is -2.09. The largest absolute Gasteiger partial charge is 0.507 e. The second-order valence-corrected chi connectivity index (χ2v) is 3.25. The van der Waals surface area contributed by atoms with Crippen LogP contribution in [0.25, 0.3) is 0 Å². The first kappa shape index (κ1) is 13.0. The van der Waals surface area contributed by atoms with E-state index in [0.29, 0.717) is 6.42 Å². The quantitative estimate of drug-likeness (QED) is 0.515. The Bertz CT molecular complexity index is 426. The molecule has 0 saturated heterocycles. The van der Waals surface area contributed by atoms with E-state index in [4.69, 9.17) is 14.9 Å². The number of phenols is 1. The number of aliphatic hydroxyl groups is 1. The van der Waals surface area contributed by atoms with Gasteiger partial charge in [0.25, 0.3) is 0 Å². The predicted molar refractivity (Wildman–Crippen MR) is 57.1 cm³/mol. The smallest absolute Gasteiger partial charge is 0.339 e. The van der Waals surface area contributed by atoms with E-state index in [-0.39, 0.29) is 24.3 Å². The molecule has 92 valence electrons. The van der Waals surface area contributed by atoms with Gasteiger partial charge in [0, 0.05) is 13.0 Å². The van der Waals surface area contributed by atoms with Gasteiger partial charge in [-0.1, -0.05) is 0 Å². The van der Waals surface area contributed by atoms with Crippen molar-refractivity contribution in [2.45, 2.75) is 6.42 Å². The molecule has 0 aliphatic carbocycles. The lowest BCUT2D eigenvalue weighted by atomic mass is 10.1. The van der Waals surface area contributed by atoms with E-state index in [1.54, 1.807) is 0 Å². The molecule has 3 N–H and O–H groups in total. The molecule has 0 bridgehead atoms. The number of ether oxygens (including phenoxy) is 1. The summed E-state index contributed by atoms with van der Waals surface area (Å²) in [4.78, 5) is 22.1. The number of carboxylic acids is 1. The summed E-state index contributed by atoms with van der Waals surface area (Å²) in [5.41, 5.74) is -0.320. The summed E-state index contributed by atoms with van der Waals surface area (Å²) in [6.45, 7) is -0.0398. The molecule has 0 radical (unpaired) electrons. The molecule has 6 heteroatoms. The van der Waals surface area contributed by atoms with Crippen molar-refractivity contribution in [2.75, 3.05) is 13.2 Å². The number of aromatic carboxylic acids is 1. The van der Waals surface area contributed by atoms with E-state index in [1.807, 2.05) is 0 Å². The lowest BCUT2D eigenvalue weighted by Gasteiger charge is -2.05. The highest BCUT2D eigenvalue weighted by Crippen LogP contribution is 2.18. The molecule has 0 aliphatic heterocycles. The highest BCUT2D eigenvalue weighted by atomic mass is 16.5. The van der Waals surface area contributed by atoms with Gasteiger partial charge in [0.2, 0.25) is 0 Å². The van der Waals surface area contributed by atoms with E-state index in [1.165, 1.54) is 6.07 Å². The molecule has 1 rings (SSSR count). The second kappa shape index (κ2) is 5.86. The van der Waals surface area contributed by atoms with Crippen LogP contribution in [0.4, 0.5) is 0 Å². The van der Waals surface area contributed by atoms with Crippen molar-refractivity contribution in [3.05, 3.63) is 29.3 Å². The Morgan fingerprint density at radius 1 is 1.29 bits per heavy atom. The molecule has 0 amide bonds. The number of benzene rings is 1. The summed E-state index contributed by atoms with van der Waals surface area (Å²) in [6, 6.07) is 3.42. The van der Waals surface area contributed by atoms with Crippen LogP contribution in [0.1, 0.15) is 27.1 Å². The Kier molecular flexibility index (Phi) is 4.47. The molecule has 1 aromatic carbocycles. The molecular weight excluding hydrogens is 228 g/mol. The third kappa shape index (κ3) is 3.46. The van der Waals surface area contributed by atoms with Gasteiger partial charge in [0.1, 0.15) is 11.3 Å². The van der Waals surface area contributed by atoms with Crippen LogP contribution in [0.5, 0.6) is 5.75 Å². The van der Waals surface area contributed by atoms with Gasteiger partial charge in [0.05, 0.1) is 12.2 Å². The minimum Gasteiger partial charge on any atom is -0.507 e. The number of aliphatic hydroxyl groups excluding tert-OH is 1. The third-order valence-electron chi connectivity index (χ3n) is 2.00. The summed E-state index contributed by atoms with van der Waals surface area (Å²) >= 11 is 0. The van der Waals surface area contributed by atoms with E-state index < -0.39 is 17.7 Å². The molecule has 6 nitrogen and oxygen atoms in total. The minimum atomic E-state index is -1.33. The first-order valence-electron chi connectivity index (χ1n) is 4.90. The van der Waals surface area contributed by atoms with Crippen LogP contribution in [-0.2, 0) is 4.74 Å². The number of carboxylic acid groups (broad SMARTS) is 1. The number of esters is 1. The van der Waals surface area contributed by atoms with Crippen LogP contribution >= 0.6 is 0 Å². The van der Waals surface area contributed by atoms with Gasteiger partial charge >= 0.3 is 11.9 Å². The zero-order valence-corrected chi connectivity index (χ0v) is 8.92. The highest BCUT2D eigenvalue weighted by molar-refractivity contribution is 5.96. The number of hydrogen-bond acceptors (Lipinski definition) is 5. The first-order valence-corrected chi connectivity index (χ1v) is 4.90. The van der Waals surface area contributed by atoms with Crippen LogP contribution in [0.15, 0.2) is 18.2 Å². The molecular formula is C11H12O6. The summed E-state index contributed by atoms with van der Waals surface area (Å²) in [7, 11) is 0. The van der Waals surface area contributed by atoms with E-state index >= 15 is 0 Å². The van der Waals surface area contributed by atoms with Gasteiger partial charge in [-0.25, -0.2) is 9.59 Å². The topological polar surface area (TPSA) is 104 Å². The summed E-state index contributed by atoms with van der Waals surface area (Å²) in [5.74, 6) is -2.43. The third-order valence-corrected chi connectivity index (χ3v) is 2.00. The number of carbonyl (C=O) groups is 2. The van der Waals surface area contributed by atoms with Crippen LogP contribution < -0.4 is 0 Å². The minimum absolute atomic E-state index is 0.0399. The average Bonchev–Trinajstić information content (AvgIpc) is 2.29. The molecule has 0 aromatic heterocycles. The fourth-order valence-electron chi connectivity index (χ4n) is 1.15. The van der Waals surface area contributed by atoms with E-state index in [2.05, 4.69) is 0 Å². The Balaban J connectivity index is 2.81. The zero-order chi connectivity index (χ0) is 12.8. The Morgan fingerprint density at radius 3 is 2.59 bits per heavy atom. The maximum Gasteiger partial charge on any atom is 0.339 e.